The fourth-order valence-corrected chi connectivity index (χ4v) is 8.82. The summed E-state index contributed by atoms with van der Waals surface area (Å²) in [6.07, 6.45) is 0. The van der Waals surface area contributed by atoms with E-state index in [0.717, 1.165) is 68.2 Å². The van der Waals surface area contributed by atoms with Crippen molar-refractivity contribution in [2.45, 2.75) is 5.41 Å². The van der Waals surface area contributed by atoms with Gasteiger partial charge in [0.2, 0.25) is 0 Å². The topological polar surface area (TPSA) is 43.4 Å². The van der Waals surface area contributed by atoms with Crippen LogP contribution in [-0.2, 0) is 5.41 Å². The van der Waals surface area contributed by atoms with E-state index in [9.17, 15) is 0 Å². The Balaban J connectivity index is 1.24. The SMILES string of the molecule is COc1ccccc1N(c1ccc(C2(c3ccc(N(c4ccccc4OC)c4ccccc4OC)cc3)c3ccccc3-c3ccccc32)cc1)c1ccccc1OC. The van der Waals surface area contributed by atoms with Gasteiger partial charge in [-0.1, -0.05) is 121 Å². The number of nitrogens with zero attached hydrogens (tertiary/aromatic N) is 2. The first-order chi connectivity index (χ1) is 29.1. The van der Waals surface area contributed by atoms with Gasteiger partial charge in [0.25, 0.3) is 0 Å². The molecule has 1 aliphatic carbocycles. The van der Waals surface area contributed by atoms with Crippen molar-refractivity contribution < 1.29 is 18.9 Å². The van der Waals surface area contributed by atoms with Crippen molar-refractivity contribution >= 4 is 34.1 Å². The van der Waals surface area contributed by atoms with E-state index in [4.69, 9.17) is 18.9 Å². The van der Waals surface area contributed by atoms with Crippen LogP contribution >= 0.6 is 0 Å². The number of hydrogen-bond acceptors (Lipinski definition) is 6. The highest BCUT2D eigenvalue weighted by molar-refractivity contribution is 5.89. The van der Waals surface area contributed by atoms with Crippen LogP contribution in [0.4, 0.5) is 34.1 Å². The molecule has 0 amide bonds. The molecule has 0 saturated carbocycles. The molecule has 8 aromatic rings. The molecule has 0 fully saturated rings. The van der Waals surface area contributed by atoms with E-state index in [1.807, 2.05) is 72.8 Å². The molecule has 0 saturated heterocycles. The molecule has 0 heterocycles. The third-order valence-corrected chi connectivity index (χ3v) is 11.4. The van der Waals surface area contributed by atoms with Gasteiger partial charge in [-0.3, -0.25) is 0 Å². The number of anilines is 6. The predicted molar refractivity (Wildman–Crippen MR) is 239 cm³/mol. The second kappa shape index (κ2) is 15.8. The van der Waals surface area contributed by atoms with Gasteiger partial charge in [0.15, 0.2) is 0 Å². The van der Waals surface area contributed by atoms with Crippen LogP contribution in [0.2, 0.25) is 0 Å². The van der Waals surface area contributed by atoms with Crippen molar-refractivity contribution in [3.63, 3.8) is 0 Å². The minimum absolute atomic E-state index is 0.621. The van der Waals surface area contributed by atoms with Gasteiger partial charge >= 0.3 is 0 Å². The van der Waals surface area contributed by atoms with E-state index in [2.05, 4.69) is 131 Å². The number of ether oxygens (including phenoxy) is 4. The van der Waals surface area contributed by atoms with Crippen molar-refractivity contribution in [1.82, 2.24) is 0 Å². The van der Waals surface area contributed by atoms with Crippen molar-refractivity contribution in [1.29, 1.82) is 0 Å². The Morgan fingerprint density at radius 1 is 0.305 bits per heavy atom. The highest BCUT2D eigenvalue weighted by Gasteiger charge is 2.46. The van der Waals surface area contributed by atoms with E-state index >= 15 is 0 Å². The van der Waals surface area contributed by atoms with Crippen LogP contribution in [0.15, 0.2) is 194 Å². The van der Waals surface area contributed by atoms with E-state index < -0.39 is 5.41 Å². The summed E-state index contributed by atoms with van der Waals surface area (Å²) < 4.78 is 23.6. The lowest BCUT2D eigenvalue weighted by atomic mass is 9.67. The molecule has 0 bridgehead atoms. The maximum absolute atomic E-state index is 5.91. The zero-order valence-electron chi connectivity index (χ0n) is 33.5. The van der Waals surface area contributed by atoms with Gasteiger partial charge in [-0.15, -0.1) is 0 Å². The second-order valence-electron chi connectivity index (χ2n) is 14.3. The summed E-state index contributed by atoms with van der Waals surface area (Å²) in [4.78, 5) is 4.40. The number of hydrogen-bond donors (Lipinski definition) is 0. The van der Waals surface area contributed by atoms with E-state index in [1.165, 1.54) is 22.3 Å². The molecule has 0 unspecified atom stereocenters. The van der Waals surface area contributed by atoms with Gasteiger partial charge in [-0.25, -0.2) is 0 Å². The zero-order chi connectivity index (χ0) is 40.3. The summed E-state index contributed by atoms with van der Waals surface area (Å²) in [5.74, 6) is 3.03. The van der Waals surface area contributed by atoms with Crippen molar-refractivity contribution in [3.8, 4) is 34.1 Å². The van der Waals surface area contributed by atoms with Gasteiger partial charge in [0.05, 0.1) is 56.6 Å². The molecule has 8 aromatic carbocycles. The predicted octanol–water partition coefficient (Wildman–Crippen LogP) is 13.0. The van der Waals surface area contributed by atoms with Gasteiger partial charge < -0.3 is 28.7 Å². The van der Waals surface area contributed by atoms with Crippen LogP contribution in [0.3, 0.4) is 0 Å². The molecule has 9 rings (SSSR count). The average Bonchev–Trinajstić information content (AvgIpc) is 3.61. The van der Waals surface area contributed by atoms with Crippen molar-refractivity contribution in [2.75, 3.05) is 38.2 Å². The summed E-state index contributed by atoms with van der Waals surface area (Å²) in [7, 11) is 6.83. The number of benzene rings is 8. The van der Waals surface area contributed by atoms with Crippen LogP contribution in [-0.4, -0.2) is 28.4 Å². The molecule has 1 aliphatic rings. The molecular weight excluding hydrogens is 729 g/mol. The first-order valence-corrected chi connectivity index (χ1v) is 19.6. The maximum Gasteiger partial charge on any atom is 0.142 e. The summed E-state index contributed by atoms with van der Waals surface area (Å²) in [6, 6.07) is 67.9. The number of fused-ring (bicyclic) bond motifs is 3. The van der Waals surface area contributed by atoms with E-state index in [0.29, 0.717) is 0 Å². The molecule has 6 nitrogen and oxygen atoms in total. The van der Waals surface area contributed by atoms with Crippen LogP contribution in [0.25, 0.3) is 11.1 Å². The standard InChI is InChI=1S/C53H44N2O4/c1-56-49-25-13-9-21-45(49)54(46-22-10-14-26-50(46)57-2)39-33-29-37(30-34-39)53(43-19-7-5-17-41(43)42-18-6-8-20-44(42)53)38-31-35-40(36-32-38)55(47-23-11-15-27-51(47)58-3)48-24-12-16-28-52(48)59-4/h5-36H,1-4H3. The first-order valence-electron chi connectivity index (χ1n) is 19.6. The Morgan fingerprint density at radius 3 is 0.881 bits per heavy atom. The molecule has 0 atom stereocenters. The lowest BCUT2D eigenvalue weighted by Crippen LogP contribution is -2.28. The van der Waals surface area contributed by atoms with Gasteiger partial charge in [-0.2, -0.15) is 0 Å². The molecular formula is C53H44N2O4. The summed E-state index contributed by atoms with van der Waals surface area (Å²) >= 11 is 0. The molecule has 0 radical (unpaired) electrons. The monoisotopic (exact) mass is 772 g/mol. The minimum atomic E-state index is -0.621. The third kappa shape index (κ3) is 6.21. The molecule has 290 valence electrons. The van der Waals surface area contributed by atoms with Gasteiger partial charge in [0, 0.05) is 11.4 Å². The van der Waals surface area contributed by atoms with Crippen molar-refractivity contribution in [3.05, 3.63) is 216 Å². The average molecular weight is 773 g/mol. The third-order valence-electron chi connectivity index (χ3n) is 11.4. The molecule has 0 aromatic heterocycles. The quantitative estimate of drug-likeness (QED) is 0.123. The first kappa shape index (κ1) is 37.2. The fourth-order valence-electron chi connectivity index (χ4n) is 8.82. The van der Waals surface area contributed by atoms with Crippen LogP contribution in [0, 0.1) is 0 Å². The van der Waals surface area contributed by atoms with Crippen LogP contribution in [0.5, 0.6) is 23.0 Å². The number of rotatable bonds is 12. The normalized spacial score (nSPS) is 12.2. The van der Waals surface area contributed by atoms with Gasteiger partial charge in [-0.05, 0) is 106 Å². The summed E-state index contributed by atoms with van der Waals surface area (Å²) in [6.45, 7) is 0. The molecule has 0 aliphatic heterocycles. The molecule has 6 heteroatoms. The molecule has 59 heavy (non-hydrogen) atoms. The Hall–Kier alpha value is -7.44. The number of methoxy groups -OCH3 is 4. The zero-order valence-corrected chi connectivity index (χ0v) is 33.5. The maximum atomic E-state index is 5.91. The van der Waals surface area contributed by atoms with Crippen LogP contribution in [0.1, 0.15) is 22.3 Å². The molecule has 0 spiro atoms. The second-order valence-corrected chi connectivity index (χ2v) is 14.3. The smallest absolute Gasteiger partial charge is 0.142 e. The highest BCUT2D eigenvalue weighted by atomic mass is 16.5. The lowest BCUT2D eigenvalue weighted by Gasteiger charge is -2.35. The molecule has 0 N–H and O–H groups in total. The summed E-state index contributed by atoms with van der Waals surface area (Å²) in [5, 5.41) is 0. The van der Waals surface area contributed by atoms with Gasteiger partial charge in [0.1, 0.15) is 23.0 Å². The Bertz CT molecular complexity index is 2460. The van der Waals surface area contributed by atoms with E-state index in [1.54, 1.807) is 28.4 Å². The Morgan fingerprint density at radius 2 is 0.576 bits per heavy atom. The lowest BCUT2D eigenvalue weighted by molar-refractivity contribution is 0.412. The number of para-hydroxylation sites is 8. The highest BCUT2D eigenvalue weighted by Crippen LogP contribution is 2.57. The minimum Gasteiger partial charge on any atom is -0.495 e. The Kier molecular flexibility index (Phi) is 9.97. The largest absolute Gasteiger partial charge is 0.495 e. The summed E-state index contributed by atoms with van der Waals surface area (Å²) in [5.41, 5.74) is 12.2. The fraction of sp³-hybridized carbons (Fsp3) is 0.0943. The Labute approximate surface area is 346 Å². The van der Waals surface area contributed by atoms with Crippen molar-refractivity contribution in [2.24, 2.45) is 0 Å². The van der Waals surface area contributed by atoms with E-state index in [-0.39, 0.29) is 0 Å². The van der Waals surface area contributed by atoms with Crippen LogP contribution < -0.4 is 28.7 Å².